The molecule has 30 heavy (non-hydrogen) atoms. The molecule has 168 valence electrons. The molecule has 1 saturated heterocycles. The second-order valence-corrected chi connectivity index (χ2v) is 11.0. The van der Waals surface area contributed by atoms with Crippen molar-refractivity contribution in [3.8, 4) is 0 Å². The SMILES string of the molecule is CC(C)[C@@H](NC(=O)OC(C)(C)C)C(=O)N1CC[C@](C)(c2ccc(Cl)cc2)C(C)(C)C1. The number of piperidine rings is 1. The molecule has 1 fully saturated rings. The van der Waals surface area contributed by atoms with Crippen LogP contribution in [-0.2, 0) is 14.9 Å². The number of hydrogen-bond donors (Lipinski definition) is 1. The fourth-order valence-corrected chi connectivity index (χ4v) is 4.24. The standard InChI is InChI=1S/C24H37ClN2O3/c1-16(2)19(26-21(29)30-22(3,4)5)20(28)27-14-13-24(8,23(6,7)15-27)17-9-11-18(25)12-10-17/h9-12,16,19H,13-15H2,1-8H3,(H,26,29)/t19-,24-/m1/s1. The van der Waals surface area contributed by atoms with E-state index in [1.165, 1.54) is 5.56 Å². The molecular weight excluding hydrogens is 400 g/mol. The van der Waals surface area contributed by atoms with Gasteiger partial charge < -0.3 is 15.0 Å². The predicted octanol–water partition coefficient (Wildman–Crippen LogP) is 5.41. The molecule has 1 aromatic rings. The Bertz CT molecular complexity index is 768. The normalized spacial score (nSPS) is 22.5. The van der Waals surface area contributed by atoms with Crippen molar-refractivity contribution in [1.29, 1.82) is 0 Å². The van der Waals surface area contributed by atoms with Crippen LogP contribution in [0.3, 0.4) is 0 Å². The van der Waals surface area contributed by atoms with Gasteiger partial charge in [0.1, 0.15) is 11.6 Å². The third-order valence-corrected chi connectivity index (χ3v) is 6.61. The molecule has 0 saturated carbocycles. The Morgan fingerprint density at radius 2 is 1.70 bits per heavy atom. The molecule has 2 amide bonds. The Morgan fingerprint density at radius 1 is 1.13 bits per heavy atom. The van der Waals surface area contributed by atoms with E-state index in [9.17, 15) is 9.59 Å². The molecule has 1 aliphatic rings. The van der Waals surface area contributed by atoms with E-state index in [4.69, 9.17) is 16.3 Å². The summed E-state index contributed by atoms with van der Waals surface area (Å²) in [6, 6.07) is 7.41. The fraction of sp³-hybridized carbons (Fsp3) is 0.667. The summed E-state index contributed by atoms with van der Waals surface area (Å²) in [6.07, 6.45) is 0.279. The van der Waals surface area contributed by atoms with Crippen molar-refractivity contribution in [2.75, 3.05) is 13.1 Å². The zero-order chi connectivity index (χ0) is 22.9. The molecule has 1 N–H and O–H groups in total. The lowest BCUT2D eigenvalue weighted by Crippen LogP contribution is -2.60. The number of benzene rings is 1. The molecule has 0 aromatic heterocycles. The van der Waals surface area contributed by atoms with E-state index in [-0.39, 0.29) is 22.7 Å². The average molecular weight is 437 g/mol. The summed E-state index contributed by atoms with van der Waals surface area (Å²) < 4.78 is 5.37. The first-order valence-corrected chi connectivity index (χ1v) is 11.1. The number of rotatable bonds is 4. The smallest absolute Gasteiger partial charge is 0.408 e. The van der Waals surface area contributed by atoms with E-state index in [1.54, 1.807) is 0 Å². The highest BCUT2D eigenvalue weighted by Crippen LogP contribution is 2.48. The third-order valence-electron chi connectivity index (χ3n) is 6.36. The lowest BCUT2D eigenvalue weighted by atomic mass is 9.59. The quantitative estimate of drug-likeness (QED) is 0.686. The monoisotopic (exact) mass is 436 g/mol. The van der Waals surface area contributed by atoms with Gasteiger partial charge in [-0.25, -0.2) is 4.79 Å². The average Bonchev–Trinajstić information content (AvgIpc) is 2.60. The van der Waals surface area contributed by atoms with Gasteiger partial charge in [0.25, 0.3) is 0 Å². The first-order valence-electron chi connectivity index (χ1n) is 10.7. The van der Waals surface area contributed by atoms with Crippen molar-refractivity contribution >= 4 is 23.6 Å². The molecule has 5 nitrogen and oxygen atoms in total. The summed E-state index contributed by atoms with van der Waals surface area (Å²) in [6.45, 7) is 17.2. The van der Waals surface area contributed by atoms with E-state index in [0.717, 1.165) is 11.4 Å². The van der Waals surface area contributed by atoms with Gasteiger partial charge in [0.15, 0.2) is 0 Å². The second-order valence-electron chi connectivity index (χ2n) is 10.6. The highest BCUT2D eigenvalue weighted by molar-refractivity contribution is 6.30. The summed E-state index contributed by atoms with van der Waals surface area (Å²) in [4.78, 5) is 27.5. The fourth-order valence-electron chi connectivity index (χ4n) is 4.11. The third kappa shape index (κ3) is 5.48. The number of carbonyl (C=O) groups excluding carboxylic acids is 2. The number of ether oxygens (including phenoxy) is 1. The molecule has 0 aliphatic carbocycles. The summed E-state index contributed by atoms with van der Waals surface area (Å²) in [5, 5.41) is 3.51. The number of carbonyl (C=O) groups is 2. The van der Waals surface area contributed by atoms with Crippen molar-refractivity contribution < 1.29 is 14.3 Å². The van der Waals surface area contributed by atoms with Gasteiger partial charge in [0.05, 0.1) is 0 Å². The molecule has 1 aliphatic heterocycles. The van der Waals surface area contributed by atoms with E-state index in [0.29, 0.717) is 13.1 Å². The largest absolute Gasteiger partial charge is 0.444 e. The van der Waals surface area contributed by atoms with E-state index in [2.05, 4.69) is 38.2 Å². The Labute approximate surface area is 186 Å². The minimum Gasteiger partial charge on any atom is -0.444 e. The first kappa shape index (κ1) is 24.5. The van der Waals surface area contributed by atoms with Crippen LogP contribution in [0.25, 0.3) is 0 Å². The minimum absolute atomic E-state index is 0.0438. The highest BCUT2D eigenvalue weighted by atomic mass is 35.5. The second kappa shape index (κ2) is 8.78. The molecule has 2 atom stereocenters. The summed E-state index contributed by atoms with van der Waals surface area (Å²) in [5.74, 6) is -0.0974. The maximum atomic E-state index is 13.4. The van der Waals surface area contributed by atoms with E-state index in [1.807, 2.05) is 51.7 Å². The Kier molecular flexibility index (Phi) is 7.17. The molecule has 0 radical (unpaired) electrons. The van der Waals surface area contributed by atoms with Gasteiger partial charge in [-0.15, -0.1) is 0 Å². The van der Waals surface area contributed by atoms with Crippen molar-refractivity contribution in [3.05, 3.63) is 34.9 Å². The van der Waals surface area contributed by atoms with Crippen LogP contribution in [0.5, 0.6) is 0 Å². The van der Waals surface area contributed by atoms with E-state index < -0.39 is 17.7 Å². The van der Waals surface area contributed by atoms with E-state index >= 15 is 0 Å². The number of nitrogens with one attached hydrogen (secondary N) is 1. The molecule has 2 rings (SSSR count). The van der Waals surface area contributed by atoms with Crippen molar-refractivity contribution in [2.45, 2.75) is 78.9 Å². The van der Waals surface area contributed by atoms with Crippen LogP contribution >= 0.6 is 11.6 Å². The van der Waals surface area contributed by atoms with Crippen molar-refractivity contribution in [1.82, 2.24) is 10.2 Å². The Hall–Kier alpha value is -1.75. The van der Waals surface area contributed by atoms with Crippen LogP contribution in [0.15, 0.2) is 24.3 Å². The van der Waals surface area contributed by atoms with Crippen LogP contribution in [0.1, 0.15) is 67.4 Å². The summed E-state index contributed by atoms with van der Waals surface area (Å²) in [5.41, 5.74) is 0.390. The van der Waals surface area contributed by atoms with Gasteiger partial charge in [-0.3, -0.25) is 4.79 Å². The van der Waals surface area contributed by atoms with Gasteiger partial charge in [-0.2, -0.15) is 0 Å². The Balaban J connectivity index is 2.17. The first-order chi connectivity index (χ1) is 13.7. The molecule has 0 spiro atoms. The van der Waals surface area contributed by atoms with Gasteiger partial charge in [0.2, 0.25) is 5.91 Å². The Morgan fingerprint density at radius 3 is 2.17 bits per heavy atom. The molecule has 1 heterocycles. The lowest BCUT2D eigenvalue weighted by molar-refractivity contribution is -0.139. The van der Waals surface area contributed by atoms with Gasteiger partial charge in [-0.1, -0.05) is 58.4 Å². The van der Waals surface area contributed by atoms with Crippen molar-refractivity contribution in [3.63, 3.8) is 0 Å². The van der Waals surface area contributed by atoms with Crippen LogP contribution < -0.4 is 5.32 Å². The molecule has 0 bridgehead atoms. The van der Waals surface area contributed by atoms with Gasteiger partial charge in [0, 0.05) is 23.5 Å². The summed E-state index contributed by atoms with van der Waals surface area (Å²) >= 11 is 6.08. The van der Waals surface area contributed by atoms with Crippen LogP contribution in [0, 0.1) is 11.3 Å². The number of amides is 2. The number of likely N-dealkylation sites (tertiary alicyclic amines) is 1. The van der Waals surface area contributed by atoms with Crippen molar-refractivity contribution in [2.24, 2.45) is 11.3 Å². The molecular formula is C24H37ClN2O3. The number of hydrogen-bond acceptors (Lipinski definition) is 3. The maximum absolute atomic E-state index is 13.4. The number of halogens is 1. The number of nitrogens with zero attached hydrogens (tertiary/aromatic N) is 1. The van der Waals surface area contributed by atoms with Gasteiger partial charge >= 0.3 is 6.09 Å². The van der Waals surface area contributed by atoms with Gasteiger partial charge in [-0.05, 0) is 56.2 Å². The van der Waals surface area contributed by atoms with Crippen LogP contribution in [0.2, 0.25) is 5.02 Å². The summed E-state index contributed by atoms with van der Waals surface area (Å²) in [7, 11) is 0. The molecule has 1 aromatic carbocycles. The topological polar surface area (TPSA) is 58.6 Å². The number of alkyl carbamates (subject to hydrolysis) is 1. The lowest BCUT2D eigenvalue weighted by Gasteiger charge is -2.52. The maximum Gasteiger partial charge on any atom is 0.408 e. The predicted molar refractivity (Wildman–Crippen MR) is 122 cm³/mol. The zero-order valence-electron chi connectivity index (χ0n) is 19.6. The highest BCUT2D eigenvalue weighted by Gasteiger charge is 2.48. The molecule has 0 unspecified atom stereocenters. The molecule has 6 heteroatoms. The zero-order valence-corrected chi connectivity index (χ0v) is 20.4. The van der Waals surface area contributed by atoms with Crippen LogP contribution in [0.4, 0.5) is 4.79 Å². The van der Waals surface area contributed by atoms with Crippen LogP contribution in [-0.4, -0.2) is 41.6 Å². The minimum atomic E-state index is -0.615.